The minimum atomic E-state index is -0.474. The predicted molar refractivity (Wildman–Crippen MR) is 69.2 cm³/mol. The van der Waals surface area contributed by atoms with Gasteiger partial charge in [0.05, 0.1) is 7.11 Å². The molecule has 0 amide bonds. The van der Waals surface area contributed by atoms with Crippen LogP contribution < -0.4 is 9.47 Å². The standard InChI is InChI=1S/C14H16O4/c1-4-8-17-11-6-7-13(18-9-5-2)12(10-11)14(15)16-3/h4-7,10H,1-2,8-9H2,3H3. The lowest BCUT2D eigenvalue weighted by molar-refractivity contribution is 0.0596. The van der Waals surface area contributed by atoms with E-state index in [-0.39, 0.29) is 0 Å². The first kappa shape index (κ1) is 13.8. The number of rotatable bonds is 7. The van der Waals surface area contributed by atoms with Gasteiger partial charge in [-0.25, -0.2) is 4.79 Å². The van der Waals surface area contributed by atoms with E-state index in [1.807, 2.05) is 0 Å². The molecule has 96 valence electrons. The summed E-state index contributed by atoms with van der Waals surface area (Å²) in [6.45, 7) is 7.79. The fraction of sp³-hybridized carbons (Fsp3) is 0.214. The summed E-state index contributed by atoms with van der Waals surface area (Å²) in [6.07, 6.45) is 3.23. The largest absolute Gasteiger partial charge is 0.490 e. The summed E-state index contributed by atoms with van der Waals surface area (Å²) in [5, 5.41) is 0. The predicted octanol–water partition coefficient (Wildman–Crippen LogP) is 2.60. The first-order valence-electron chi connectivity index (χ1n) is 5.42. The highest BCUT2D eigenvalue weighted by Crippen LogP contribution is 2.25. The molecule has 0 fully saturated rings. The van der Waals surface area contributed by atoms with Gasteiger partial charge in [-0.05, 0) is 18.2 Å². The van der Waals surface area contributed by atoms with Crippen LogP contribution in [0.1, 0.15) is 10.4 Å². The lowest BCUT2D eigenvalue weighted by Crippen LogP contribution is -2.06. The Morgan fingerprint density at radius 3 is 2.50 bits per heavy atom. The molecular weight excluding hydrogens is 232 g/mol. The fourth-order valence-corrected chi connectivity index (χ4v) is 1.30. The Hall–Kier alpha value is -2.23. The molecule has 0 saturated heterocycles. The number of esters is 1. The molecular formula is C14H16O4. The molecule has 0 aromatic heterocycles. The molecule has 0 aliphatic carbocycles. The van der Waals surface area contributed by atoms with Gasteiger partial charge in [0.15, 0.2) is 0 Å². The van der Waals surface area contributed by atoms with Crippen LogP contribution in [0, 0.1) is 0 Å². The van der Waals surface area contributed by atoms with Gasteiger partial charge in [0, 0.05) is 0 Å². The van der Waals surface area contributed by atoms with Gasteiger partial charge < -0.3 is 14.2 Å². The van der Waals surface area contributed by atoms with Gasteiger partial charge in [-0.3, -0.25) is 0 Å². The molecule has 0 bridgehead atoms. The quantitative estimate of drug-likeness (QED) is 0.549. The first-order valence-corrected chi connectivity index (χ1v) is 5.42. The van der Waals surface area contributed by atoms with Crippen molar-refractivity contribution in [1.29, 1.82) is 0 Å². The minimum Gasteiger partial charge on any atom is -0.490 e. The monoisotopic (exact) mass is 248 g/mol. The number of hydrogen-bond donors (Lipinski definition) is 0. The van der Waals surface area contributed by atoms with E-state index in [9.17, 15) is 4.79 Å². The summed E-state index contributed by atoms with van der Waals surface area (Å²) in [6, 6.07) is 4.95. The second kappa shape index (κ2) is 7.17. The highest BCUT2D eigenvalue weighted by molar-refractivity contribution is 5.92. The molecule has 1 aromatic rings. The molecule has 0 atom stereocenters. The van der Waals surface area contributed by atoms with Crippen LogP contribution in [0.4, 0.5) is 0 Å². The maximum absolute atomic E-state index is 11.6. The highest BCUT2D eigenvalue weighted by Gasteiger charge is 2.14. The Morgan fingerprint density at radius 2 is 1.89 bits per heavy atom. The van der Waals surface area contributed by atoms with Crippen LogP contribution in [0.5, 0.6) is 11.5 Å². The molecule has 0 aliphatic heterocycles. The van der Waals surface area contributed by atoms with E-state index in [0.29, 0.717) is 30.3 Å². The lowest BCUT2D eigenvalue weighted by Gasteiger charge is -2.11. The van der Waals surface area contributed by atoms with Crippen LogP contribution in [-0.2, 0) is 4.74 Å². The summed E-state index contributed by atoms with van der Waals surface area (Å²) in [4.78, 5) is 11.6. The molecule has 0 saturated carbocycles. The van der Waals surface area contributed by atoms with E-state index in [0.717, 1.165) is 0 Å². The fourth-order valence-electron chi connectivity index (χ4n) is 1.30. The van der Waals surface area contributed by atoms with Crippen molar-refractivity contribution in [3.8, 4) is 11.5 Å². The van der Waals surface area contributed by atoms with Crippen LogP contribution in [0.25, 0.3) is 0 Å². The van der Waals surface area contributed by atoms with E-state index < -0.39 is 5.97 Å². The van der Waals surface area contributed by atoms with Crippen molar-refractivity contribution in [3.05, 3.63) is 49.1 Å². The van der Waals surface area contributed by atoms with Crippen molar-refractivity contribution in [2.45, 2.75) is 0 Å². The molecule has 4 heteroatoms. The topological polar surface area (TPSA) is 44.8 Å². The van der Waals surface area contributed by atoms with Crippen LogP contribution in [0.15, 0.2) is 43.5 Å². The maximum atomic E-state index is 11.6. The first-order chi connectivity index (χ1) is 8.72. The molecule has 18 heavy (non-hydrogen) atoms. The summed E-state index contributed by atoms with van der Waals surface area (Å²) < 4.78 is 15.4. The highest BCUT2D eigenvalue weighted by atomic mass is 16.5. The van der Waals surface area contributed by atoms with Gasteiger partial charge in [-0.2, -0.15) is 0 Å². The van der Waals surface area contributed by atoms with Crippen molar-refractivity contribution in [1.82, 2.24) is 0 Å². The van der Waals surface area contributed by atoms with Crippen LogP contribution in [0.3, 0.4) is 0 Å². The van der Waals surface area contributed by atoms with E-state index in [4.69, 9.17) is 14.2 Å². The number of ether oxygens (including phenoxy) is 3. The molecule has 1 rings (SSSR count). The Balaban J connectivity index is 2.99. The Kier molecular flexibility index (Phi) is 5.51. The van der Waals surface area contributed by atoms with Crippen LogP contribution >= 0.6 is 0 Å². The van der Waals surface area contributed by atoms with Gasteiger partial charge in [0.2, 0.25) is 0 Å². The third kappa shape index (κ3) is 3.66. The Morgan fingerprint density at radius 1 is 1.22 bits per heavy atom. The molecule has 4 nitrogen and oxygen atoms in total. The summed E-state index contributed by atoms with van der Waals surface area (Å²) in [5.41, 5.74) is 0.320. The zero-order valence-electron chi connectivity index (χ0n) is 10.3. The van der Waals surface area contributed by atoms with E-state index in [1.54, 1.807) is 30.4 Å². The third-order valence-electron chi connectivity index (χ3n) is 2.08. The molecule has 0 unspecified atom stereocenters. The minimum absolute atomic E-state index is 0.316. The van der Waals surface area contributed by atoms with E-state index in [1.165, 1.54) is 7.11 Å². The zero-order valence-corrected chi connectivity index (χ0v) is 10.3. The average molecular weight is 248 g/mol. The average Bonchev–Trinajstić information content (AvgIpc) is 2.42. The van der Waals surface area contributed by atoms with E-state index >= 15 is 0 Å². The number of carbonyl (C=O) groups excluding carboxylic acids is 1. The van der Waals surface area contributed by atoms with Crippen molar-refractivity contribution in [2.24, 2.45) is 0 Å². The molecule has 0 heterocycles. The Bertz CT molecular complexity index is 437. The van der Waals surface area contributed by atoms with Crippen molar-refractivity contribution in [2.75, 3.05) is 20.3 Å². The maximum Gasteiger partial charge on any atom is 0.341 e. The third-order valence-corrected chi connectivity index (χ3v) is 2.08. The zero-order chi connectivity index (χ0) is 13.4. The molecule has 0 radical (unpaired) electrons. The van der Waals surface area contributed by atoms with Gasteiger partial charge in [-0.15, -0.1) is 0 Å². The van der Waals surface area contributed by atoms with Crippen molar-refractivity contribution < 1.29 is 19.0 Å². The number of methoxy groups -OCH3 is 1. The second-order valence-corrected chi connectivity index (χ2v) is 3.35. The van der Waals surface area contributed by atoms with Gasteiger partial charge >= 0.3 is 5.97 Å². The number of carbonyl (C=O) groups is 1. The number of benzene rings is 1. The smallest absolute Gasteiger partial charge is 0.341 e. The van der Waals surface area contributed by atoms with Gasteiger partial charge in [-0.1, -0.05) is 25.3 Å². The lowest BCUT2D eigenvalue weighted by atomic mass is 10.2. The molecule has 0 aliphatic rings. The summed E-state index contributed by atoms with van der Waals surface area (Å²) in [7, 11) is 1.32. The molecule has 0 N–H and O–H groups in total. The van der Waals surface area contributed by atoms with Gasteiger partial charge in [0.1, 0.15) is 30.3 Å². The van der Waals surface area contributed by atoms with Crippen molar-refractivity contribution in [3.63, 3.8) is 0 Å². The normalized spacial score (nSPS) is 9.39. The summed E-state index contributed by atoms with van der Waals surface area (Å²) in [5.74, 6) is 0.520. The SMILES string of the molecule is C=CCOc1ccc(OCC=C)c(C(=O)OC)c1. The van der Waals surface area contributed by atoms with Crippen LogP contribution in [-0.4, -0.2) is 26.3 Å². The second-order valence-electron chi connectivity index (χ2n) is 3.35. The Labute approximate surface area is 106 Å². The molecule has 1 aromatic carbocycles. The van der Waals surface area contributed by atoms with Crippen molar-refractivity contribution >= 4 is 5.97 Å². The van der Waals surface area contributed by atoms with E-state index in [2.05, 4.69) is 13.2 Å². The summed E-state index contributed by atoms with van der Waals surface area (Å²) >= 11 is 0. The van der Waals surface area contributed by atoms with Crippen LogP contribution in [0.2, 0.25) is 0 Å². The number of hydrogen-bond acceptors (Lipinski definition) is 4. The molecule has 0 spiro atoms. The van der Waals surface area contributed by atoms with Gasteiger partial charge in [0.25, 0.3) is 0 Å².